The van der Waals surface area contributed by atoms with Gasteiger partial charge in [0.2, 0.25) is 0 Å². The number of nitrogen functional groups attached to an aromatic ring is 1. The molecule has 0 radical (unpaired) electrons. The highest BCUT2D eigenvalue weighted by Crippen LogP contribution is 2.48. The molecule has 1 heterocycles. The third-order valence-corrected chi connectivity index (χ3v) is 6.36. The summed E-state index contributed by atoms with van der Waals surface area (Å²) in [5, 5.41) is 0.291. The molecule has 1 aromatic heterocycles. The Bertz CT molecular complexity index is 518. The van der Waals surface area contributed by atoms with Crippen molar-refractivity contribution < 1.29 is 8.42 Å². The van der Waals surface area contributed by atoms with E-state index >= 15 is 0 Å². The van der Waals surface area contributed by atoms with E-state index in [0.717, 1.165) is 30.6 Å². The number of aromatic nitrogens is 1. The molecule has 1 aliphatic rings. The number of hydrogen-bond acceptors (Lipinski definition) is 5. The molecule has 0 atom stereocenters. The molecule has 1 fully saturated rings. The van der Waals surface area contributed by atoms with Crippen LogP contribution < -0.4 is 10.5 Å². The van der Waals surface area contributed by atoms with E-state index in [1.165, 1.54) is 0 Å². The molecule has 0 saturated heterocycles. The van der Waals surface area contributed by atoms with Gasteiger partial charge >= 0.3 is 0 Å². The molecule has 3 N–H and O–H groups in total. The maximum atomic E-state index is 12.1. The van der Waals surface area contributed by atoms with Gasteiger partial charge in [0, 0.05) is 6.54 Å². The Morgan fingerprint density at radius 3 is 2.59 bits per heavy atom. The highest BCUT2D eigenvalue weighted by atomic mass is 32.2. The van der Waals surface area contributed by atoms with Crippen LogP contribution in [0.15, 0.2) is 4.21 Å². The maximum Gasteiger partial charge on any atom is 0.252 e. The number of nitrogens with one attached hydrogen (secondary N) is 1. The lowest BCUT2D eigenvalue weighted by Gasteiger charge is -2.12. The van der Waals surface area contributed by atoms with Crippen LogP contribution in [0, 0.1) is 12.3 Å². The summed E-state index contributed by atoms with van der Waals surface area (Å²) in [6.45, 7) is 4.27. The fourth-order valence-electron chi connectivity index (χ4n) is 1.80. The number of sulfonamides is 1. The van der Waals surface area contributed by atoms with Crippen LogP contribution in [0.4, 0.5) is 5.13 Å². The second-order valence-corrected chi connectivity index (χ2v) is 7.60. The third kappa shape index (κ3) is 2.61. The van der Waals surface area contributed by atoms with Crippen molar-refractivity contribution in [3.05, 3.63) is 5.69 Å². The minimum absolute atomic E-state index is 0.192. The minimum atomic E-state index is -3.45. The number of nitrogens with two attached hydrogens (primary N) is 1. The first-order valence-corrected chi connectivity index (χ1v) is 7.91. The average molecular weight is 275 g/mol. The lowest BCUT2D eigenvalue weighted by Crippen LogP contribution is -2.30. The number of hydrogen-bond donors (Lipinski definition) is 2. The second kappa shape index (κ2) is 4.22. The summed E-state index contributed by atoms with van der Waals surface area (Å²) in [6, 6.07) is 0. The van der Waals surface area contributed by atoms with E-state index in [4.69, 9.17) is 5.73 Å². The van der Waals surface area contributed by atoms with Gasteiger partial charge in [-0.15, -0.1) is 0 Å². The molecule has 7 heteroatoms. The first-order chi connectivity index (χ1) is 7.88. The Morgan fingerprint density at radius 2 is 2.18 bits per heavy atom. The van der Waals surface area contributed by atoms with Crippen molar-refractivity contribution in [2.75, 3.05) is 12.3 Å². The van der Waals surface area contributed by atoms with E-state index in [2.05, 4.69) is 16.6 Å². The summed E-state index contributed by atoms with van der Waals surface area (Å²) in [7, 11) is -3.45. The Balaban J connectivity index is 2.12. The summed E-state index contributed by atoms with van der Waals surface area (Å²) in [6.07, 6.45) is 3.23. The van der Waals surface area contributed by atoms with Crippen molar-refractivity contribution in [3.8, 4) is 0 Å². The molecule has 1 aliphatic carbocycles. The van der Waals surface area contributed by atoms with Gasteiger partial charge in [-0.1, -0.05) is 18.3 Å². The molecule has 0 spiro atoms. The van der Waals surface area contributed by atoms with Crippen LogP contribution >= 0.6 is 11.3 Å². The SMILES string of the molecule is CCC1(CNS(=O)(=O)c2sc(N)nc2C)CC1. The van der Waals surface area contributed by atoms with E-state index in [0.29, 0.717) is 17.4 Å². The van der Waals surface area contributed by atoms with E-state index < -0.39 is 10.0 Å². The minimum Gasteiger partial charge on any atom is -0.375 e. The maximum absolute atomic E-state index is 12.1. The molecule has 0 aliphatic heterocycles. The fraction of sp³-hybridized carbons (Fsp3) is 0.700. The van der Waals surface area contributed by atoms with Crippen molar-refractivity contribution >= 4 is 26.5 Å². The Kier molecular flexibility index (Phi) is 3.17. The van der Waals surface area contributed by atoms with Crippen LogP contribution in [0.3, 0.4) is 0 Å². The molecule has 96 valence electrons. The van der Waals surface area contributed by atoms with Crippen molar-refractivity contribution in [3.63, 3.8) is 0 Å². The molecule has 0 bridgehead atoms. The quantitative estimate of drug-likeness (QED) is 0.853. The Morgan fingerprint density at radius 1 is 1.53 bits per heavy atom. The van der Waals surface area contributed by atoms with Gasteiger partial charge in [-0.3, -0.25) is 0 Å². The summed E-state index contributed by atoms with van der Waals surface area (Å²) >= 11 is 1.02. The zero-order valence-electron chi connectivity index (χ0n) is 9.99. The van der Waals surface area contributed by atoms with Gasteiger partial charge in [-0.25, -0.2) is 18.1 Å². The normalized spacial score (nSPS) is 18.2. The second-order valence-electron chi connectivity index (χ2n) is 4.60. The van der Waals surface area contributed by atoms with Gasteiger partial charge in [0.05, 0.1) is 5.69 Å². The molecule has 2 rings (SSSR count). The lowest BCUT2D eigenvalue weighted by molar-refractivity contribution is 0.476. The third-order valence-electron chi connectivity index (χ3n) is 3.36. The monoisotopic (exact) mass is 275 g/mol. The molecule has 1 aromatic rings. The van der Waals surface area contributed by atoms with Gasteiger partial charge in [0.1, 0.15) is 0 Å². The van der Waals surface area contributed by atoms with E-state index in [-0.39, 0.29) is 9.62 Å². The highest BCUT2D eigenvalue weighted by Gasteiger charge is 2.41. The van der Waals surface area contributed by atoms with Crippen LogP contribution in [0.2, 0.25) is 0 Å². The molecule has 17 heavy (non-hydrogen) atoms. The smallest absolute Gasteiger partial charge is 0.252 e. The van der Waals surface area contributed by atoms with E-state index in [1.54, 1.807) is 6.92 Å². The molecule has 0 amide bonds. The molecular weight excluding hydrogens is 258 g/mol. The molecule has 0 aromatic carbocycles. The van der Waals surface area contributed by atoms with Crippen LogP contribution in [0.5, 0.6) is 0 Å². The van der Waals surface area contributed by atoms with Crippen LogP contribution in [-0.2, 0) is 10.0 Å². The lowest BCUT2D eigenvalue weighted by atomic mass is 10.1. The summed E-state index contributed by atoms with van der Waals surface area (Å²) < 4.78 is 27.0. The first-order valence-electron chi connectivity index (χ1n) is 5.61. The van der Waals surface area contributed by atoms with E-state index in [1.807, 2.05) is 0 Å². The van der Waals surface area contributed by atoms with Crippen molar-refractivity contribution in [2.24, 2.45) is 5.41 Å². The average Bonchev–Trinajstić information content (AvgIpc) is 2.96. The number of thiazole rings is 1. The highest BCUT2D eigenvalue weighted by molar-refractivity contribution is 7.91. The van der Waals surface area contributed by atoms with Crippen molar-refractivity contribution in [1.82, 2.24) is 9.71 Å². The molecular formula is C10H17N3O2S2. The Hall–Kier alpha value is -0.660. The van der Waals surface area contributed by atoms with Gasteiger partial charge in [0.25, 0.3) is 10.0 Å². The van der Waals surface area contributed by atoms with Gasteiger partial charge < -0.3 is 5.73 Å². The summed E-state index contributed by atoms with van der Waals surface area (Å²) in [5.41, 5.74) is 6.18. The standard InChI is InChI=1S/C10H17N3O2S2/c1-3-10(4-5-10)6-12-17(14,15)8-7(2)13-9(11)16-8/h12H,3-6H2,1-2H3,(H2,11,13). The first kappa shape index (κ1) is 12.8. The Labute approximate surface area is 105 Å². The van der Waals surface area contributed by atoms with Gasteiger partial charge in [-0.2, -0.15) is 0 Å². The summed E-state index contributed by atoms with van der Waals surface area (Å²) in [5.74, 6) is 0. The van der Waals surface area contributed by atoms with Crippen LogP contribution in [0.1, 0.15) is 31.9 Å². The predicted octanol–water partition coefficient (Wildman–Crippen LogP) is 1.50. The zero-order valence-corrected chi connectivity index (χ0v) is 11.6. The zero-order chi connectivity index (χ0) is 12.7. The van der Waals surface area contributed by atoms with Crippen molar-refractivity contribution in [1.29, 1.82) is 0 Å². The molecule has 0 unspecified atom stereocenters. The summed E-state index contributed by atoms with van der Waals surface area (Å²) in [4.78, 5) is 3.93. The fourth-order valence-corrected chi connectivity index (χ4v) is 4.30. The predicted molar refractivity (Wildman–Crippen MR) is 68.4 cm³/mol. The van der Waals surface area contributed by atoms with Gasteiger partial charge in [-0.05, 0) is 31.6 Å². The largest absolute Gasteiger partial charge is 0.375 e. The van der Waals surface area contributed by atoms with Crippen molar-refractivity contribution in [2.45, 2.75) is 37.3 Å². The number of aryl methyl sites for hydroxylation is 1. The number of anilines is 1. The topological polar surface area (TPSA) is 85.1 Å². The van der Waals surface area contributed by atoms with Gasteiger partial charge in [0.15, 0.2) is 9.34 Å². The number of nitrogens with zero attached hydrogens (tertiary/aromatic N) is 1. The van der Waals surface area contributed by atoms with Crippen LogP contribution in [-0.4, -0.2) is 19.9 Å². The molecule has 1 saturated carbocycles. The van der Waals surface area contributed by atoms with Crippen LogP contribution in [0.25, 0.3) is 0 Å². The molecule has 5 nitrogen and oxygen atoms in total. The number of rotatable bonds is 5. The van der Waals surface area contributed by atoms with E-state index in [9.17, 15) is 8.42 Å².